The molecule has 0 bridgehead atoms. The summed E-state index contributed by atoms with van der Waals surface area (Å²) in [6.07, 6.45) is -3.43. The van der Waals surface area contributed by atoms with E-state index in [-0.39, 0.29) is 17.8 Å². The van der Waals surface area contributed by atoms with Gasteiger partial charge in [-0.1, -0.05) is 6.08 Å². The number of amides is 1. The van der Waals surface area contributed by atoms with Crippen molar-refractivity contribution in [3.63, 3.8) is 0 Å². The molecule has 0 radical (unpaired) electrons. The highest BCUT2D eigenvalue weighted by molar-refractivity contribution is 6.52. The number of hydrogen-bond acceptors (Lipinski definition) is 3. The molecule has 0 saturated heterocycles. The predicted molar refractivity (Wildman–Crippen MR) is 60.0 cm³/mol. The highest BCUT2D eigenvalue weighted by Crippen LogP contribution is 2.33. The molecular formula is C12H8F3NO3. The molecule has 19 heavy (non-hydrogen) atoms. The van der Waals surface area contributed by atoms with Gasteiger partial charge in [0.15, 0.2) is 0 Å². The number of fused-ring (bicyclic) bond motifs is 1. The molecule has 1 heterocycles. The Hall–Kier alpha value is -2.31. The Morgan fingerprint density at radius 3 is 2.58 bits per heavy atom. The number of carbonyl (C=O) groups is 2. The van der Waals surface area contributed by atoms with Crippen molar-refractivity contribution in [3.8, 4) is 5.75 Å². The zero-order chi connectivity index (χ0) is 14.2. The predicted octanol–water partition coefficient (Wildman–Crippen LogP) is 2.30. The third kappa shape index (κ3) is 2.44. The summed E-state index contributed by atoms with van der Waals surface area (Å²) in [5, 5.41) is 0. The minimum Gasteiger partial charge on any atom is -0.406 e. The van der Waals surface area contributed by atoms with Gasteiger partial charge in [0, 0.05) is 6.54 Å². The Balaban J connectivity index is 2.39. The summed E-state index contributed by atoms with van der Waals surface area (Å²) >= 11 is 0. The number of benzene rings is 1. The zero-order valence-electron chi connectivity index (χ0n) is 9.53. The quantitative estimate of drug-likeness (QED) is 0.626. The van der Waals surface area contributed by atoms with Crippen molar-refractivity contribution < 1.29 is 27.5 Å². The van der Waals surface area contributed by atoms with Gasteiger partial charge in [-0.25, -0.2) is 0 Å². The maximum Gasteiger partial charge on any atom is 0.573 e. The number of alkyl halides is 3. The van der Waals surface area contributed by atoms with Crippen LogP contribution in [0.2, 0.25) is 0 Å². The fourth-order valence-electron chi connectivity index (χ4n) is 1.79. The van der Waals surface area contributed by atoms with Crippen molar-refractivity contribution in [2.45, 2.75) is 6.36 Å². The number of rotatable bonds is 3. The van der Waals surface area contributed by atoms with E-state index in [1.54, 1.807) is 0 Å². The lowest BCUT2D eigenvalue weighted by atomic mass is 10.1. The molecule has 7 heteroatoms. The average Bonchev–Trinajstić information content (AvgIpc) is 2.53. The molecule has 0 spiro atoms. The molecule has 0 fully saturated rings. The molecule has 1 amide bonds. The summed E-state index contributed by atoms with van der Waals surface area (Å²) < 4.78 is 39.9. The van der Waals surface area contributed by atoms with E-state index in [1.165, 1.54) is 12.1 Å². The van der Waals surface area contributed by atoms with Gasteiger partial charge in [0.2, 0.25) is 0 Å². The van der Waals surface area contributed by atoms with Crippen LogP contribution in [-0.4, -0.2) is 24.6 Å². The van der Waals surface area contributed by atoms with Gasteiger partial charge in [0.1, 0.15) is 5.75 Å². The van der Waals surface area contributed by atoms with Crippen LogP contribution in [-0.2, 0) is 4.79 Å². The molecule has 2 rings (SSSR count). The van der Waals surface area contributed by atoms with Crippen LogP contribution < -0.4 is 9.64 Å². The largest absolute Gasteiger partial charge is 0.573 e. The number of nitrogens with zero attached hydrogens (tertiary/aromatic N) is 1. The first-order valence-electron chi connectivity index (χ1n) is 5.20. The number of halogens is 3. The van der Waals surface area contributed by atoms with Crippen LogP contribution in [0.25, 0.3) is 0 Å². The van der Waals surface area contributed by atoms with Gasteiger partial charge in [-0.2, -0.15) is 0 Å². The van der Waals surface area contributed by atoms with E-state index in [2.05, 4.69) is 11.3 Å². The minimum absolute atomic E-state index is 0.103. The first-order valence-corrected chi connectivity index (χ1v) is 5.20. The van der Waals surface area contributed by atoms with E-state index >= 15 is 0 Å². The topological polar surface area (TPSA) is 46.6 Å². The Bertz CT molecular complexity index is 566. The van der Waals surface area contributed by atoms with Crippen LogP contribution in [0.5, 0.6) is 5.75 Å². The number of hydrogen-bond donors (Lipinski definition) is 0. The van der Waals surface area contributed by atoms with Gasteiger partial charge in [-0.05, 0) is 18.2 Å². The van der Waals surface area contributed by atoms with Crippen LogP contribution in [0, 0.1) is 0 Å². The second-order valence-corrected chi connectivity index (χ2v) is 3.76. The summed E-state index contributed by atoms with van der Waals surface area (Å²) in [6, 6.07) is 3.20. The summed E-state index contributed by atoms with van der Waals surface area (Å²) in [5.74, 6) is -2.18. The highest BCUT2D eigenvalue weighted by atomic mass is 19.4. The van der Waals surface area contributed by atoms with Crippen LogP contribution in [0.3, 0.4) is 0 Å². The molecule has 0 atom stereocenters. The SMILES string of the molecule is C=CCN1C(=O)C(=O)c2cc(OC(F)(F)F)ccc21. The van der Waals surface area contributed by atoms with Gasteiger partial charge in [0.05, 0.1) is 11.3 Å². The van der Waals surface area contributed by atoms with E-state index in [0.29, 0.717) is 0 Å². The molecule has 1 aliphatic rings. The van der Waals surface area contributed by atoms with Gasteiger partial charge >= 0.3 is 6.36 Å². The summed E-state index contributed by atoms with van der Waals surface area (Å²) in [7, 11) is 0. The number of anilines is 1. The Labute approximate surface area is 106 Å². The normalized spacial score (nSPS) is 14.6. The molecule has 100 valence electrons. The van der Waals surface area contributed by atoms with Crippen LogP contribution in [0.15, 0.2) is 30.9 Å². The number of ketones is 1. The van der Waals surface area contributed by atoms with Gasteiger partial charge in [-0.3, -0.25) is 9.59 Å². The van der Waals surface area contributed by atoms with E-state index in [0.717, 1.165) is 17.0 Å². The molecule has 4 nitrogen and oxygen atoms in total. The minimum atomic E-state index is -4.85. The van der Waals surface area contributed by atoms with E-state index in [9.17, 15) is 22.8 Å². The van der Waals surface area contributed by atoms with Crippen LogP contribution in [0.4, 0.5) is 18.9 Å². The summed E-state index contributed by atoms with van der Waals surface area (Å²) in [6.45, 7) is 3.55. The van der Waals surface area contributed by atoms with Crippen LogP contribution in [0.1, 0.15) is 10.4 Å². The molecule has 0 N–H and O–H groups in total. The third-order valence-electron chi connectivity index (χ3n) is 2.49. The fraction of sp³-hybridized carbons (Fsp3) is 0.167. The monoisotopic (exact) mass is 271 g/mol. The molecule has 1 aromatic rings. The Morgan fingerprint density at radius 1 is 1.32 bits per heavy atom. The third-order valence-corrected chi connectivity index (χ3v) is 2.49. The van der Waals surface area contributed by atoms with Crippen molar-refractivity contribution in [2.75, 3.05) is 11.4 Å². The Kier molecular flexibility index (Phi) is 3.05. The number of ether oxygens (including phenoxy) is 1. The molecule has 0 aromatic heterocycles. The lowest BCUT2D eigenvalue weighted by Crippen LogP contribution is -2.29. The van der Waals surface area contributed by atoms with Gasteiger partial charge < -0.3 is 9.64 Å². The van der Waals surface area contributed by atoms with E-state index in [1.807, 2.05) is 0 Å². The second kappa shape index (κ2) is 4.42. The summed E-state index contributed by atoms with van der Waals surface area (Å²) in [5.41, 5.74) is 0.151. The molecule has 1 aliphatic heterocycles. The fourth-order valence-corrected chi connectivity index (χ4v) is 1.79. The summed E-state index contributed by atoms with van der Waals surface area (Å²) in [4.78, 5) is 24.4. The lowest BCUT2D eigenvalue weighted by molar-refractivity contribution is -0.274. The van der Waals surface area contributed by atoms with Crippen molar-refractivity contribution in [1.82, 2.24) is 0 Å². The smallest absolute Gasteiger partial charge is 0.406 e. The van der Waals surface area contributed by atoms with Gasteiger partial charge in [0.25, 0.3) is 11.7 Å². The van der Waals surface area contributed by atoms with Crippen molar-refractivity contribution >= 4 is 17.4 Å². The first-order chi connectivity index (χ1) is 8.83. The maximum atomic E-state index is 12.1. The second-order valence-electron chi connectivity index (χ2n) is 3.76. The maximum absolute atomic E-state index is 12.1. The highest BCUT2D eigenvalue weighted by Gasteiger charge is 2.37. The van der Waals surface area contributed by atoms with Gasteiger partial charge in [-0.15, -0.1) is 19.8 Å². The molecule has 0 aliphatic carbocycles. The number of carbonyl (C=O) groups excluding carboxylic acids is 2. The lowest BCUT2D eigenvalue weighted by Gasteiger charge is -2.14. The molecule has 0 saturated carbocycles. The van der Waals surface area contributed by atoms with E-state index in [4.69, 9.17) is 0 Å². The van der Waals surface area contributed by atoms with Crippen molar-refractivity contribution in [3.05, 3.63) is 36.4 Å². The van der Waals surface area contributed by atoms with E-state index < -0.39 is 23.8 Å². The van der Waals surface area contributed by atoms with Crippen molar-refractivity contribution in [1.29, 1.82) is 0 Å². The zero-order valence-corrected chi connectivity index (χ0v) is 9.53. The van der Waals surface area contributed by atoms with Crippen molar-refractivity contribution in [2.24, 2.45) is 0 Å². The number of Topliss-reactive ketones (excluding diaryl/α,β-unsaturated/α-hetero) is 1. The molecular weight excluding hydrogens is 263 g/mol. The Morgan fingerprint density at radius 2 is 2.00 bits per heavy atom. The van der Waals surface area contributed by atoms with Crippen LogP contribution >= 0.6 is 0 Å². The average molecular weight is 271 g/mol. The standard InChI is InChI=1S/C12H8F3NO3/c1-2-5-16-9-4-3-7(19-12(13,14)15)6-8(9)10(17)11(16)18/h2-4,6H,1,5H2. The first kappa shape index (κ1) is 13.1. The molecule has 0 unspecified atom stereocenters. The molecule has 1 aromatic carbocycles.